The Morgan fingerprint density at radius 1 is 1.17 bits per heavy atom. The first-order valence-corrected chi connectivity index (χ1v) is 8.16. The maximum atomic E-state index is 12.9. The Balaban J connectivity index is 1.73. The number of aryl methyl sites for hydroxylation is 1. The van der Waals surface area contributed by atoms with Crippen molar-refractivity contribution in [2.75, 3.05) is 5.75 Å². The van der Waals surface area contributed by atoms with Gasteiger partial charge in [-0.25, -0.2) is 4.39 Å². The van der Waals surface area contributed by atoms with E-state index >= 15 is 0 Å². The molecule has 3 aromatic rings. The van der Waals surface area contributed by atoms with E-state index in [4.69, 9.17) is 0 Å². The van der Waals surface area contributed by atoms with Gasteiger partial charge >= 0.3 is 0 Å². The Morgan fingerprint density at radius 3 is 2.65 bits per heavy atom. The summed E-state index contributed by atoms with van der Waals surface area (Å²) >= 11 is 1.41. The Labute approximate surface area is 138 Å². The zero-order valence-electron chi connectivity index (χ0n) is 12.6. The minimum atomic E-state index is -0.692. The van der Waals surface area contributed by atoms with E-state index in [9.17, 15) is 9.50 Å². The van der Waals surface area contributed by atoms with Crippen LogP contribution in [0.4, 0.5) is 4.39 Å². The lowest BCUT2D eigenvalue weighted by atomic mass is 10.1. The predicted octanol–water partition coefficient (Wildman–Crippen LogP) is 3.54. The summed E-state index contributed by atoms with van der Waals surface area (Å²) in [4.78, 5) is 0. The van der Waals surface area contributed by atoms with Gasteiger partial charge in [0.15, 0.2) is 5.16 Å². The van der Waals surface area contributed by atoms with Gasteiger partial charge in [0, 0.05) is 5.75 Å². The largest absolute Gasteiger partial charge is 0.388 e. The van der Waals surface area contributed by atoms with Gasteiger partial charge in [-0.3, -0.25) is 4.57 Å². The summed E-state index contributed by atoms with van der Waals surface area (Å²) in [7, 11) is 0. The minimum absolute atomic E-state index is 0.312. The highest BCUT2D eigenvalue weighted by Gasteiger charge is 2.13. The molecule has 0 aliphatic rings. The van der Waals surface area contributed by atoms with Crippen LogP contribution in [0.2, 0.25) is 0 Å². The van der Waals surface area contributed by atoms with E-state index in [0.29, 0.717) is 16.5 Å². The molecule has 1 N–H and O–H groups in total. The first-order chi connectivity index (χ1) is 11.1. The fraction of sp³-hybridized carbons (Fsp3) is 0.176. The number of para-hydroxylation sites is 1. The van der Waals surface area contributed by atoms with Gasteiger partial charge < -0.3 is 5.11 Å². The number of thioether (sulfide) groups is 1. The molecule has 0 aliphatic heterocycles. The number of hydrogen-bond donors (Lipinski definition) is 1. The van der Waals surface area contributed by atoms with Crippen LogP contribution in [0.5, 0.6) is 0 Å². The van der Waals surface area contributed by atoms with Crippen molar-refractivity contribution in [3.63, 3.8) is 0 Å². The molecule has 0 fully saturated rings. The van der Waals surface area contributed by atoms with Crippen LogP contribution < -0.4 is 0 Å². The van der Waals surface area contributed by atoms with Gasteiger partial charge in [-0.1, -0.05) is 42.1 Å². The Hall–Kier alpha value is -2.18. The van der Waals surface area contributed by atoms with Gasteiger partial charge in [0.2, 0.25) is 0 Å². The highest BCUT2D eigenvalue weighted by molar-refractivity contribution is 7.99. The topological polar surface area (TPSA) is 50.9 Å². The molecule has 23 heavy (non-hydrogen) atoms. The first kappa shape index (κ1) is 15.7. The van der Waals surface area contributed by atoms with Crippen LogP contribution in [0.25, 0.3) is 5.69 Å². The lowest BCUT2D eigenvalue weighted by Gasteiger charge is -2.12. The number of hydrogen-bond acceptors (Lipinski definition) is 4. The molecule has 6 heteroatoms. The van der Waals surface area contributed by atoms with Crippen LogP contribution in [0.3, 0.4) is 0 Å². The molecule has 1 heterocycles. The average Bonchev–Trinajstić information content (AvgIpc) is 3.02. The SMILES string of the molecule is Cc1ccccc1-n1cnnc1SCC(O)c1ccc(F)cc1. The molecular formula is C17H16FN3OS. The zero-order valence-corrected chi connectivity index (χ0v) is 13.4. The minimum Gasteiger partial charge on any atom is -0.388 e. The molecule has 0 radical (unpaired) electrons. The number of halogens is 1. The molecule has 0 spiro atoms. The van der Waals surface area contributed by atoms with Gasteiger partial charge in [0.1, 0.15) is 12.1 Å². The van der Waals surface area contributed by atoms with Crippen molar-refractivity contribution in [2.45, 2.75) is 18.2 Å². The summed E-state index contributed by atoms with van der Waals surface area (Å²) < 4.78 is 14.8. The van der Waals surface area contributed by atoms with E-state index in [2.05, 4.69) is 10.2 Å². The van der Waals surface area contributed by atoms with E-state index < -0.39 is 6.10 Å². The lowest BCUT2D eigenvalue weighted by molar-refractivity contribution is 0.204. The predicted molar refractivity (Wildman–Crippen MR) is 88.2 cm³/mol. The van der Waals surface area contributed by atoms with Crippen LogP contribution in [-0.4, -0.2) is 25.6 Å². The van der Waals surface area contributed by atoms with E-state index in [-0.39, 0.29) is 5.82 Å². The third-order valence-corrected chi connectivity index (χ3v) is 4.54. The highest BCUT2D eigenvalue weighted by Crippen LogP contribution is 2.26. The van der Waals surface area contributed by atoms with E-state index in [0.717, 1.165) is 11.3 Å². The number of rotatable bonds is 5. The van der Waals surface area contributed by atoms with Gasteiger partial charge in [0.05, 0.1) is 11.8 Å². The normalized spacial score (nSPS) is 12.3. The van der Waals surface area contributed by atoms with Crippen LogP contribution >= 0.6 is 11.8 Å². The van der Waals surface area contributed by atoms with E-state index in [1.807, 2.05) is 35.8 Å². The Kier molecular flexibility index (Phi) is 4.73. The molecule has 3 rings (SSSR count). The fourth-order valence-electron chi connectivity index (χ4n) is 2.26. The summed E-state index contributed by atoms with van der Waals surface area (Å²) in [5, 5.41) is 19.0. The molecule has 1 atom stereocenters. The lowest BCUT2D eigenvalue weighted by Crippen LogP contribution is -2.03. The molecule has 0 aliphatic carbocycles. The molecule has 2 aromatic carbocycles. The number of aromatic nitrogens is 3. The molecule has 0 saturated carbocycles. The first-order valence-electron chi connectivity index (χ1n) is 7.17. The molecule has 4 nitrogen and oxygen atoms in total. The second kappa shape index (κ2) is 6.93. The van der Waals surface area contributed by atoms with Crippen LogP contribution in [0.15, 0.2) is 60.0 Å². The second-order valence-corrected chi connectivity index (χ2v) is 6.14. The quantitative estimate of drug-likeness (QED) is 0.728. The molecule has 0 saturated heterocycles. The number of nitrogens with zero attached hydrogens (tertiary/aromatic N) is 3. The number of aliphatic hydroxyl groups is 1. The number of aliphatic hydroxyl groups excluding tert-OH is 1. The van der Waals surface area contributed by atoms with Gasteiger partial charge in [-0.2, -0.15) is 0 Å². The molecular weight excluding hydrogens is 313 g/mol. The molecule has 1 aromatic heterocycles. The third-order valence-electron chi connectivity index (χ3n) is 3.52. The van der Waals surface area contributed by atoms with Crippen molar-refractivity contribution in [1.82, 2.24) is 14.8 Å². The average molecular weight is 329 g/mol. The van der Waals surface area contributed by atoms with Crippen LogP contribution in [-0.2, 0) is 0 Å². The molecule has 118 valence electrons. The molecule has 0 bridgehead atoms. The molecule has 0 amide bonds. The van der Waals surface area contributed by atoms with Crippen LogP contribution in [0, 0.1) is 12.7 Å². The summed E-state index contributed by atoms with van der Waals surface area (Å²) in [5.41, 5.74) is 2.81. The summed E-state index contributed by atoms with van der Waals surface area (Å²) in [5.74, 6) is 0.101. The van der Waals surface area contributed by atoms with Gasteiger partial charge in [-0.15, -0.1) is 10.2 Å². The van der Waals surface area contributed by atoms with Crippen molar-refractivity contribution >= 4 is 11.8 Å². The van der Waals surface area contributed by atoms with Crippen molar-refractivity contribution in [2.24, 2.45) is 0 Å². The fourth-order valence-corrected chi connectivity index (χ4v) is 3.15. The van der Waals surface area contributed by atoms with Crippen molar-refractivity contribution < 1.29 is 9.50 Å². The zero-order chi connectivity index (χ0) is 16.2. The standard InChI is InChI=1S/C17H16FN3OS/c1-12-4-2-3-5-15(12)21-11-19-20-17(21)23-10-16(22)13-6-8-14(18)9-7-13/h2-9,11,16,22H,10H2,1H3. The summed E-state index contributed by atoms with van der Waals surface area (Å²) in [6.07, 6.45) is 0.970. The highest BCUT2D eigenvalue weighted by atomic mass is 32.2. The second-order valence-electron chi connectivity index (χ2n) is 5.15. The van der Waals surface area contributed by atoms with Gasteiger partial charge in [-0.05, 0) is 36.2 Å². The maximum absolute atomic E-state index is 12.9. The molecule has 1 unspecified atom stereocenters. The Morgan fingerprint density at radius 2 is 1.91 bits per heavy atom. The Bertz CT molecular complexity index is 789. The maximum Gasteiger partial charge on any atom is 0.195 e. The van der Waals surface area contributed by atoms with Gasteiger partial charge in [0.25, 0.3) is 0 Å². The summed E-state index contributed by atoms with van der Waals surface area (Å²) in [6, 6.07) is 13.8. The monoisotopic (exact) mass is 329 g/mol. The third kappa shape index (κ3) is 3.60. The van der Waals surface area contributed by atoms with Crippen molar-refractivity contribution in [3.05, 3.63) is 71.8 Å². The van der Waals surface area contributed by atoms with Crippen LogP contribution in [0.1, 0.15) is 17.2 Å². The number of benzene rings is 2. The van der Waals surface area contributed by atoms with E-state index in [1.165, 1.54) is 23.9 Å². The summed E-state index contributed by atoms with van der Waals surface area (Å²) in [6.45, 7) is 2.02. The van der Waals surface area contributed by atoms with E-state index in [1.54, 1.807) is 18.5 Å². The van der Waals surface area contributed by atoms with Crippen molar-refractivity contribution in [3.8, 4) is 5.69 Å². The van der Waals surface area contributed by atoms with Crippen molar-refractivity contribution in [1.29, 1.82) is 0 Å². The smallest absolute Gasteiger partial charge is 0.195 e.